The predicted octanol–water partition coefficient (Wildman–Crippen LogP) is 3.48. The molecule has 6 heteroatoms. The molecule has 22 heavy (non-hydrogen) atoms. The number of rotatable bonds is 2. The molecule has 1 aliphatic rings. The molecule has 1 aliphatic heterocycles. The van der Waals surface area contributed by atoms with Crippen LogP contribution in [-0.2, 0) is 0 Å². The number of aromatic carboxylic acids is 1. The normalized spacial score (nSPS) is 17.7. The number of piperidine rings is 1. The van der Waals surface area contributed by atoms with Gasteiger partial charge < -0.3 is 10.0 Å². The molecule has 0 bridgehead atoms. The van der Waals surface area contributed by atoms with Crippen molar-refractivity contribution < 1.29 is 18.7 Å². The van der Waals surface area contributed by atoms with Gasteiger partial charge in [0.2, 0.25) is 0 Å². The third-order valence-electron chi connectivity index (χ3n) is 3.99. The molecule has 0 aliphatic carbocycles. The Labute approximate surface area is 126 Å². The summed E-state index contributed by atoms with van der Waals surface area (Å²) in [5.41, 5.74) is 2.23. The van der Waals surface area contributed by atoms with Crippen molar-refractivity contribution in [3.8, 4) is 0 Å². The molecule has 0 radical (unpaired) electrons. The zero-order chi connectivity index (χ0) is 15.9. The van der Waals surface area contributed by atoms with Crippen LogP contribution in [0.4, 0.5) is 14.5 Å². The Hall–Kier alpha value is -2.24. The summed E-state index contributed by atoms with van der Waals surface area (Å²) in [5, 5.41) is 9.95. The molecule has 3 rings (SSSR count). The van der Waals surface area contributed by atoms with Crippen molar-refractivity contribution >= 4 is 22.6 Å². The zero-order valence-electron chi connectivity index (χ0n) is 12.1. The molecule has 0 atom stereocenters. The smallest absolute Gasteiger partial charge is 0.335 e. The van der Waals surface area contributed by atoms with Crippen molar-refractivity contribution in [1.29, 1.82) is 0 Å². The number of aromatic nitrogens is 1. The quantitative estimate of drug-likeness (QED) is 0.923. The van der Waals surface area contributed by atoms with Gasteiger partial charge in [0, 0.05) is 37.0 Å². The van der Waals surface area contributed by atoms with E-state index >= 15 is 0 Å². The largest absolute Gasteiger partial charge is 0.478 e. The highest BCUT2D eigenvalue weighted by Gasteiger charge is 2.34. The maximum Gasteiger partial charge on any atom is 0.335 e. The first-order chi connectivity index (χ1) is 10.4. The van der Waals surface area contributed by atoms with Crippen LogP contribution in [0.25, 0.3) is 10.9 Å². The summed E-state index contributed by atoms with van der Waals surface area (Å²) >= 11 is 0. The second-order valence-corrected chi connectivity index (χ2v) is 5.67. The number of fused-ring (bicyclic) bond motifs is 1. The number of anilines is 1. The van der Waals surface area contributed by atoms with Gasteiger partial charge in [-0.25, -0.2) is 13.6 Å². The lowest BCUT2D eigenvalue weighted by atomic mass is 10.0. The van der Waals surface area contributed by atoms with Crippen molar-refractivity contribution in [1.82, 2.24) is 4.98 Å². The van der Waals surface area contributed by atoms with Gasteiger partial charge in [-0.15, -0.1) is 0 Å². The molecule has 2 heterocycles. The van der Waals surface area contributed by atoms with E-state index in [0.29, 0.717) is 16.6 Å². The molecular weight excluding hydrogens is 290 g/mol. The number of benzene rings is 1. The predicted molar refractivity (Wildman–Crippen MR) is 79.8 cm³/mol. The van der Waals surface area contributed by atoms with Gasteiger partial charge >= 0.3 is 5.97 Å². The monoisotopic (exact) mass is 306 g/mol. The van der Waals surface area contributed by atoms with E-state index in [9.17, 15) is 18.7 Å². The topological polar surface area (TPSA) is 53.4 Å². The van der Waals surface area contributed by atoms with Crippen LogP contribution in [-0.4, -0.2) is 35.1 Å². The highest BCUT2D eigenvalue weighted by Crippen LogP contribution is 2.34. The first-order valence-corrected chi connectivity index (χ1v) is 7.13. The Morgan fingerprint density at radius 3 is 2.59 bits per heavy atom. The molecule has 116 valence electrons. The van der Waals surface area contributed by atoms with Gasteiger partial charge in [-0.1, -0.05) is 6.07 Å². The third-order valence-corrected chi connectivity index (χ3v) is 3.99. The van der Waals surface area contributed by atoms with Crippen LogP contribution in [0.2, 0.25) is 0 Å². The van der Waals surface area contributed by atoms with E-state index in [2.05, 4.69) is 4.98 Å². The van der Waals surface area contributed by atoms with Crippen molar-refractivity contribution in [2.24, 2.45) is 0 Å². The van der Waals surface area contributed by atoms with Gasteiger partial charge in [-0.2, -0.15) is 0 Å². The van der Waals surface area contributed by atoms with Crippen LogP contribution < -0.4 is 4.90 Å². The van der Waals surface area contributed by atoms with Gasteiger partial charge in [0.25, 0.3) is 5.92 Å². The minimum absolute atomic E-state index is 0.144. The summed E-state index contributed by atoms with van der Waals surface area (Å²) in [6.07, 6.45) is -0.449. The Morgan fingerprint density at radius 2 is 1.95 bits per heavy atom. The van der Waals surface area contributed by atoms with Gasteiger partial charge in [-0.3, -0.25) is 4.98 Å². The lowest BCUT2D eigenvalue weighted by Crippen LogP contribution is -2.39. The van der Waals surface area contributed by atoms with Crippen LogP contribution in [0.15, 0.2) is 24.3 Å². The zero-order valence-corrected chi connectivity index (χ0v) is 12.1. The van der Waals surface area contributed by atoms with E-state index in [1.807, 2.05) is 19.1 Å². The molecule has 2 aromatic rings. The number of hydrogen-bond donors (Lipinski definition) is 1. The number of hydrogen-bond acceptors (Lipinski definition) is 3. The number of carboxylic acid groups (broad SMARTS) is 1. The van der Waals surface area contributed by atoms with E-state index in [0.717, 1.165) is 5.69 Å². The molecule has 0 unspecified atom stereocenters. The fraction of sp³-hybridized carbons (Fsp3) is 0.375. The van der Waals surface area contributed by atoms with Crippen molar-refractivity contribution in [2.75, 3.05) is 18.0 Å². The molecule has 0 spiro atoms. The molecule has 0 saturated carbocycles. The fourth-order valence-corrected chi connectivity index (χ4v) is 2.75. The summed E-state index contributed by atoms with van der Waals surface area (Å²) in [5.74, 6) is -3.67. The van der Waals surface area contributed by atoms with E-state index in [1.54, 1.807) is 11.0 Å². The lowest BCUT2D eigenvalue weighted by molar-refractivity contribution is -0.0220. The molecule has 0 amide bonds. The summed E-state index contributed by atoms with van der Waals surface area (Å²) in [4.78, 5) is 17.6. The van der Waals surface area contributed by atoms with Gasteiger partial charge in [0.05, 0.1) is 16.8 Å². The van der Waals surface area contributed by atoms with Gasteiger partial charge in [0.1, 0.15) is 0 Å². The molecule has 1 N–H and O–H groups in total. The molecule has 1 aromatic heterocycles. The minimum atomic E-state index is -2.64. The number of halogens is 2. The van der Waals surface area contributed by atoms with E-state index in [-0.39, 0.29) is 31.5 Å². The second kappa shape index (κ2) is 5.19. The third kappa shape index (κ3) is 2.73. The maximum absolute atomic E-state index is 13.3. The second-order valence-electron chi connectivity index (χ2n) is 5.67. The Kier molecular flexibility index (Phi) is 3.47. The average Bonchev–Trinajstić information content (AvgIpc) is 2.46. The van der Waals surface area contributed by atoms with Crippen LogP contribution >= 0.6 is 0 Å². The minimum Gasteiger partial charge on any atom is -0.478 e. The molecule has 1 aromatic carbocycles. The van der Waals surface area contributed by atoms with E-state index in [1.165, 1.54) is 6.07 Å². The number of aryl methyl sites for hydroxylation is 1. The van der Waals surface area contributed by atoms with Crippen LogP contribution in [0.5, 0.6) is 0 Å². The lowest BCUT2D eigenvalue weighted by Gasteiger charge is -2.34. The number of carboxylic acids is 1. The molecule has 1 fully saturated rings. The number of pyridine rings is 1. The number of nitrogens with zero attached hydrogens (tertiary/aromatic N) is 2. The standard InChI is InChI=1S/C16H16F2N2O2/c1-10-2-3-11-8-12(15(21)22)9-13(14(11)19-10)20-6-4-16(17,18)5-7-20/h2-3,8-9H,4-7H2,1H3,(H,21,22). The highest BCUT2D eigenvalue weighted by atomic mass is 19.3. The van der Waals surface area contributed by atoms with E-state index in [4.69, 9.17) is 0 Å². The van der Waals surface area contributed by atoms with Crippen molar-refractivity contribution in [3.05, 3.63) is 35.5 Å². The van der Waals surface area contributed by atoms with Crippen molar-refractivity contribution in [3.63, 3.8) is 0 Å². The highest BCUT2D eigenvalue weighted by molar-refractivity contribution is 5.99. The molecule has 1 saturated heterocycles. The first-order valence-electron chi connectivity index (χ1n) is 7.13. The fourth-order valence-electron chi connectivity index (χ4n) is 2.75. The van der Waals surface area contributed by atoms with E-state index < -0.39 is 11.9 Å². The molecule has 4 nitrogen and oxygen atoms in total. The number of carbonyl (C=O) groups is 1. The average molecular weight is 306 g/mol. The van der Waals surface area contributed by atoms with Crippen LogP contribution in [0.3, 0.4) is 0 Å². The first kappa shape index (κ1) is 14.7. The van der Waals surface area contributed by atoms with Crippen LogP contribution in [0, 0.1) is 6.92 Å². The Balaban J connectivity index is 2.10. The summed E-state index contributed by atoms with van der Waals surface area (Å²) in [6, 6.07) is 6.71. The van der Waals surface area contributed by atoms with Gasteiger partial charge in [0.15, 0.2) is 0 Å². The summed E-state index contributed by atoms with van der Waals surface area (Å²) in [7, 11) is 0. The maximum atomic E-state index is 13.3. The van der Waals surface area contributed by atoms with Crippen LogP contribution in [0.1, 0.15) is 28.9 Å². The van der Waals surface area contributed by atoms with Crippen molar-refractivity contribution in [2.45, 2.75) is 25.7 Å². The SMILES string of the molecule is Cc1ccc2cc(C(=O)O)cc(N3CCC(F)(F)CC3)c2n1. The number of alkyl halides is 2. The molecular formula is C16H16F2N2O2. The summed E-state index contributed by atoms with van der Waals surface area (Å²) < 4.78 is 26.7. The van der Waals surface area contributed by atoms with Gasteiger partial charge in [-0.05, 0) is 25.1 Å². The summed E-state index contributed by atoms with van der Waals surface area (Å²) in [6.45, 7) is 2.24. The Bertz CT molecular complexity index is 736. The Morgan fingerprint density at radius 1 is 1.27 bits per heavy atom.